The minimum Gasteiger partial charge on any atom is -0.339 e. The number of rotatable bonds is 5. The van der Waals surface area contributed by atoms with Crippen molar-refractivity contribution in [2.75, 3.05) is 19.6 Å². The van der Waals surface area contributed by atoms with Gasteiger partial charge >= 0.3 is 0 Å². The highest BCUT2D eigenvalue weighted by molar-refractivity contribution is 7.89. The number of likely N-dealkylation sites (tertiary alicyclic amines) is 1. The number of amides is 1. The number of para-hydroxylation sites is 1. The zero-order valence-electron chi connectivity index (χ0n) is 16.2. The van der Waals surface area contributed by atoms with Crippen LogP contribution in [0.4, 0.5) is 0 Å². The Bertz CT molecular complexity index is 1100. The second kappa shape index (κ2) is 8.22. The van der Waals surface area contributed by atoms with E-state index in [-0.39, 0.29) is 10.8 Å². The standard InChI is InChI=1S/C21H23N3O3S2/c1-2-22-29(26,27)17-7-5-6-16(14-17)21(25)24-12-10-15(11-13-24)20-23-18-8-3-4-9-19(18)28-20/h3-9,14-15,22H,2,10-13H2,1H3. The van der Waals surface area contributed by atoms with Crippen LogP contribution in [0, 0.1) is 0 Å². The highest BCUT2D eigenvalue weighted by Gasteiger charge is 2.27. The first-order valence-electron chi connectivity index (χ1n) is 9.72. The molecule has 0 aliphatic carbocycles. The van der Waals surface area contributed by atoms with E-state index < -0.39 is 10.0 Å². The summed E-state index contributed by atoms with van der Waals surface area (Å²) in [6, 6.07) is 14.4. The molecular weight excluding hydrogens is 406 g/mol. The van der Waals surface area contributed by atoms with Crippen LogP contribution in [0.25, 0.3) is 10.2 Å². The molecule has 1 aliphatic heterocycles. The third-order valence-corrected chi connectivity index (χ3v) is 7.91. The van der Waals surface area contributed by atoms with Crippen LogP contribution in [-0.2, 0) is 10.0 Å². The van der Waals surface area contributed by atoms with E-state index in [0.717, 1.165) is 23.4 Å². The van der Waals surface area contributed by atoms with Crippen molar-refractivity contribution in [2.45, 2.75) is 30.6 Å². The zero-order chi connectivity index (χ0) is 20.4. The fourth-order valence-electron chi connectivity index (χ4n) is 3.65. The lowest BCUT2D eigenvalue weighted by molar-refractivity contribution is 0.0712. The predicted octanol–water partition coefficient (Wildman–Crippen LogP) is 3.61. The van der Waals surface area contributed by atoms with E-state index >= 15 is 0 Å². The van der Waals surface area contributed by atoms with Crippen molar-refractivity contribution in [2.24, 2.45) is 0 Å². The van der Waals surface area contributed by atoms with Crippen molar-refractivity contribution in [1.29, 1.82) is 0 Å². The lowest BCUT2D eigenvalue weighted by Gasteiger charge is -2.31. The maximum Gasteiger partial charge on any atom is 0.253 e. The Balaban J connectivity index is 1.45. The molecule has 0 unspecified atom stereocenters. The largest absolute Gasteiger partial charge is 0.339 e. The van der Waals surface area contributed by atoms with Gasteiger partial charge in [-0.1, -0.05) is 25.1 Å². The Labute approximate surface area is 174 Å². The number of nitrogens with zero attached hydrogens (tertiary/aromatic N) is 2. The average molecular weight is 430 g/mol. The van der Waals surface area contributed by atoms with E-state index in [0.29, 0.717) is 31.1 Å². The van der Waals surface area contributed by atoms with E-state index in [1.165, 1.54) is 16.8 Å². The van der Waals surface area contributed by atoms with Crippen LogP contribution < -0.4 is 4.72 Å². The van der Waals surface area contributed by atoms with Gasteiger partial charge in [0.25, 0.3) is 5.91 Å². The molecule has 1 fully saturated rings. The molecule has 8 heteroatoms. The molecule has 1 amide bonds. The molecule has 2 aromatic carbocycles. The molecule has 0 spiro atoms. The Morgan fingerprint density at radius 3 is 2.66 bits per heavy atom. The number of piperidine rings is 1. The first-order valence-corrected chi connectivity index (χ1v) is 12.0. The molecule has 0 radical (unpaired) electrons. The molecule has 6 nitrogen and oxygen atoms in total. The molecule has 1 saturated heterocycles. The van der Waals surface area contributed by atoms with Crippen molar-refractivity contribution in [1.82, 2.24) is 14.6 Å². The molecule has 152 valence electrons. The molecule has 3 aromatic rings. The normalized spacial score (nSPS) is 15.7. The van der Waals surface area contributed by atoms with Crippen molar-refractivity contribution >= 4 is 37.5 Å². The van der Waals surface area contributed by atoms with Crippen LogP contribution in [0.2, 0.25) is 0 Å². The summed E-state index contributed by atoms with van der Waals surface area (Å²) in [6.45, 7) is 3.31. The maximum absolute atomic E-state index is 12.9. The minimum atomic E-state index is -3.58. The quantitative estimate of drug-likeness (QED) is 0.672. The highest BCUT2D eigenvalue weighted by Crippen LogP contribution is 2.34. The number of carbonyl (C=O) groups is 1. The fourth-order valence-corrected chi connectivity index (χ4v) is 5.87. The highest BCUT2D eigenvalue weighted by atomic mass is 32.2. The average Bonchev–Trinajstić information content (AvgIpc) is 3.18. The fraction of sp³-hybridized carbons (Fsp3) is 0.333. The van der Waals surface area contributed by atoms with Gasteiger partial charge in [-0.3, -0.25) is 4.79 Å². The molecule has 0 saturated carbocycles. The molecular formula is C21H23N3O3S2. The lowest BCUT2D eigenvalue weighted by Crippen LogP contribution is -2.38. The third kappa shape index (κ3) is 4.19. The molecule has 29 heavy (non-hydrogen) atoms. The first-order chi connectivity index (χ1) is 14.0. The summed E-state index contributed by atoms with van der Waals surface area (Å²) < 4.78 is 28.1. The summed E-state index contributed by atoms with van der Waals surface area (Å²) in [7, 11) is -3.58. The number of thiazole rings is 1. The van der Waals surface area contributed by atoms with Crippen LogP contribution in [0.15, 0.2) is 53.4 Å². The van der Waals surface area contributed by atoms with Gasteiger partial charge in [0.15, 0.2) is 0 Å². The SMILES string of the molecule is CCNS(=O)(=O)c1cccc(C(=O)N2CCC(c3nc4ccccc4s3)CC2)c1. The van der Waals surface area contributed by atoms with Crippen LogP contribution >= 0.6 is 11.3 Å². The van der Waals surface area contributed by atoms with Gasteiger partial charge in [0, 0.05) is 31.1 Å². The number of hydrogen-bond donors (Lipinski definition) is 1. The van der Waals surface area contributed by atoms with Gasteiger partial charge in [-0.05, 0) is 43.2 Å². The van der Waals surface area contributed by atoms with Crippen LogP contribution in [0.3, 0.4) is 0 Å². The van der Waals surface area contributed by atoms with Gasteiger partial charge < -0.3 is 4.90 Å². The summed E-state index contributed by atoms with van der Waals surface area (Å²) in [5.74, 6) is 0.234. The number of benzene rings is 2. The second-order valence-corrected chi connectivity index (χ2v) is 9.94. The summed E-state index contributed by atoms with van der Waals surface area (Å²) in [5.41, 5.74) is 1.44. The Morgan fingerprint density at radius 2 is 1.93 bits per heavy atom. The van der Waals surface area contributed by atoms with Crippen molar-refractivity contribution in [3.63, 3.8) is 0 Å². The van der Waals surface area contributed by atoms with E-state index in [2.05, 4.69) is 10.8 Å². The van der Waals surface area contributed by atoms with Gasteiger partial charge in [-0.15, -0.1) is 11.3 Å². The van der Waals surface area contributed by atoms with Gasteiger partial charge in [-0.25, -0.2) is 18.1 Å². The Kier molecular flexibility index (Phi) is 5.67. The van der Waals surface area contributed by atoms with Crippen LogP contribution in [0.5, 0.6) is 0 Å². The summed E-state index contributed by atoms with van der Waals surface area (Å²) in [4.78, 5) is 19.6. The van der Waals surface area contributed by atoms with Crippen molar-refractivity contribution < 1.29 is 13.2 Å². The van der Waals surface area contributed by atoms with E-state index in [4.69, 9.17) is 4.98 Å². The topological polar surface area (TPSA) is 79.4 Å². The van der Waals surface area contributed by atoms with Crippen molar-refractivity contribution in [3.8, 4) is 0 Å². The number of sulfonamides is 1. The first kappa shape index (κ1) is 20.0. The predicted molar refractivity (Wildman–Crippen MR) is 115 cm³/mol. The number of hydrogen-bond acceptors (Lipinski definition) is 5. The smallest absolute Gasteiger partial charge is 0.253 e. The second-order valence-electron chi connectivity index (χ2n) is 7.12. The zero-order valence-corrected chi connectivity index (χ0v) is 17.8. The minimum absolute atomic E-state index is 0.120. The van der Waals surface area contributed by atoms with E-state index in [1.807, 2.05) is 23.1 Å². The molecule has 1 N–H and O–H groups in total. The molecule has 1 aromatic heterocycles. The molecule has 0 atom stereocenters. The molecule has 0 bridgehead atoms. The summed E-state index contributed by atoms with van der Waals surface area (Å²) in [5, 5.41) is 1.14. The summed E-state index contributed by atoms with van der Waals surface area (Å²) in [6.07, 6.45) is 1.72. The molecule has 2 heterocycles. The van der Waals surface area contributed by atoms with Crippen LogP contribution in [-0.4, -0.2) is 43.8 Å². The summed E-state index contributed by atoms with van der Waals surface area (Å²) >= 11 is 1.73. The van der Waals surface area contributed by atoms with E-state index in [9.17, 15) is 13.2 Å². The number of fused-ring (bicyclic) bond motifs is 1. The Hall–Kier alpha value is -2.29. The third-order valence-electron chi connectivity index (χ3n) is 5.17. The number of aromatic nitrogens is 1. The lowest BCUT2D eigenvalue weighted by atomic mass is 9.97. The number of nitrogens with one attached hydrogen (secondary N) is 1. The molecule has 4 rings (SSSR count). The van der Waals surface area contributed by atoms with Gasteiger partial charge in [0.2, 0.25) is 10.0 Å². The van der Waals surface area contributed by atoms with Crippen molar-refractivity contribution in [3.05, 3.63) is 59.1 Å². The van der Waals surface area contributed by atoms with Gasteiger partial charge in [-0.2, -0.15) is 0 Å². The van der Waals surface area contributed by atoms with Crippen LogP contribution in [0.1, 0.15) is 41.0 Å². The maximum atomic E-state index is 12.9. The Morgan fingerprint density at radius 1 is 1.17 bits per heavy atom. The van der Waals surface area contributed by atoms with Gasteiger partial charge in [0.05, 0.1) is 20.1 Å². The number of carbonyl (C=O) groups excluding carboxylic acids is 1. The van der Waals surface area contributed by atoms with Gasteiger partial charge in [0.1, 0.15) is 0 Å². The monoisotopic (exact) mass is 429 g/mol. The van der Waals surface area contributed by atoms with E-state index in [1.54, 1.807) is 30.4 Å². The molecule has 1 aliphatic rings.